The number of hydrogen-bond acceptors (Lipinski definition) is 4. The van der Waals surface area contributed by atoms with Crippen molar-refractivity contribution in [3.05, 3.63) is 65.9 Å². The fraction of sp³-hybridized carbons (Fsp3) is 0.100. The van der Waals surface area contributed by atoms with Crippen LogP contribution in [0.4, 0.5) is 13.2 Å². The number of hydrogen-bond donors (Lipinski definition) is 1. The summed E-state index contributed by atoms with van der Waals surface area (Å²) < 4.78 is 65.2. The van der Waals surface area contributed by atoms with Crippen molar-refractivity contribution in [2.75, 3.05) is 6.26 Å². The van der Waals surface area contributed by atoms with E-state index in [1.54, 1.807) is 0 Å². The van der Waals surface area contributed by atoms with Gasteiger partial charge in [-0.15, -0.1) is 0 Å². The van der Waals surface area contributed by atoms with Crippen LogP contribution in [0.25, 0.3) is 27.4 Å². The number of halogens is 3. The summed E-state index contributed by atoms with van der Waals surface area (Å²) in [7, 11) is -3.48. The summed E-state index contributed by atoms with van der Waals surface area (Å²) in [5, 5.41) is 13.6. The number of carbonyl (C=O) groups is 1. The summed E-state index contributed by atoms with van der Waals surface area (Å²) >= 11 is 0. The van der Waals surface area contributed by atoms with Crippen molar-refractivity contribution in [3.8, 4) is 5.69 Å². The first-order valence-electron chi connectivity index (χ1n) is 8.53. The first kappa shape index (κ1) is 19.9. The number of benzene rings is 3. The highest BCUT2D eigenvalue weighted by Gasteiger charge is 2.37. The van der Waals surface area contributed by atoms with E-state index in [2.05, 4.69) is 5.10 Å². The summed E-state index contributed by atoms with van der Waals surface area (Å²) in [4.78, 5) is 11.3. The monoisotopic (exact) mass is 434 g/mol. The quantitative estimate of drug-likeness (QED) is 0.519. The van der Waals surface area contributed by atoms with E-state index in [9.17, 15) is 31.5 Å². The highest BCUT2D eigenvalue weighted by atomic mass is 32.2. The zero-order chi connectivity index (χ0) is 21.8. The van der Waals surface area contributed by atoms with Gasteiger partial charge in [0.1, 0.15) is 0 Å². The summed E-state index contributed by atoms with van der Waals surface area (Å²) in [5.41, 5.74) is -0.711. The number of carboxylic acid groups (broad SMARTS) is 1. The van der Waals surface area contributed by atoms with Gasteiger partial charge in [-0.25, -0.2) is 17.9 Å². The van der Waals surface area contributed by atoms with Crippen LogP contribution in [0.5, 0.6) is 0 Å². The average molecular weight is 434 g/mol. The lowest BCUT2D eigenvalue weighted by Gasteiger charge is -2.08. The van der Waals surface area contributed by atoms with Gasteiger partial charge in [-0.1, -0.05) is 12.1 Å². The number of aromatic carboxylic acids is 1. The molecule has 30 heavy (non-hydrogen) atoms. The van der Waals surface area contributed by atoms with Crippen LogP contribution in [-0.2, 0) is 16.0 Å². The maximum Gasteiger partial charge on any atom is 0.435 e. The molecule has 6 nitrogen and oxygen atoms in total. The molecule has 0 aliphatic carbocycles. The predicted octanol–water partition coefficient (Wildman–Crippen LogP) is 4.30. The fourth-order valence-electron chi connectivity index (χ4n) is 3.30. The molecule has 4 rings (SSSR count). The predicted molar refractivity (Wildman–Crippen MR) is 104 cm³/mol. The van der Waals surface area contributed by atoms with Gasteiger partial charge in [0.05, 0.1) is 21.7 Å². The van der Waals surface area contributed by atoms with Gasteiger partial charge in [0.2, 0.25) is 0 Å². The van der Waals surface area contributed by atoms with Crippen molar-refractivity contribution in [1.82, 2.24) is 9.78 Å². The molecule has 0 fully saturated rings. The van der Waals surface area contributed by atoms with Crippen LogP contribution >= 0.6 is 0 Å². The minimum atomic E-state index is -4.72. The SMILES string of the molecule is CS(=O)(=O)c1ccc(-n2nc(C(F)(F)F)c3ccc4cc(C(=O)O)ccc4c32)cc1. The van der Waals surface area contributed by atoms with Crippen LogP contribution in [0.15, 0.2) is 59.5 Å². The van der Waals surface area contributed by atoms with Crippen LogP contribution in [0.3, 0.4) is 0 Å². The van der Waals surface area contributed by atoms with Gasteiger partial charge in [0.25, 0.3) is 0 Å². The second-order valence-electron chi connectivity index (χ2n) is 6.73. The highest BCUT2D eigenvalue weighted by molar-refractivity contribution is 7.90. The molecule has 4 aromatic rings. The Hall–Kier alpha value is -3.40. The minimum absolute atomic E-state index is 0.00136. The van der Waals surface area contributed by atoms with Crippen molar-refractivity contribution in [2.24, 2.45) is 0 Å². The van der Waals surface area contributed by atoms with Crippen molar-refractivity contribution in [1.29, 1.82) is 0 Å². The van der Waals surface area contributed by atoms with E-state index in [1.165, 1.54) is 54.6 Å². The number of carboxylic acids is 1. The number of nitrogens with zero attached hydrogens (tertiary/aromatic N) is 2. The first-order valence-corrected chi connectivity index (χ1v) is 10.4. The van der Waals surface area contributed by atoms with E-state index < -0.39 is 27.7 Å². The second-order valence-corrected chi connectivity index (χ2v) is 8.74. The smallest absolute Gasteiger partial charge is 0.435 e. The Morgan fingerprint density at radius 3 is 2.20 bits per heavy atom. The number of fused-ring (bicyclic) bond motifs is 3. The zero-order valence-corrected chi connectivity index (χ0v) is 16.1. The summed E-state index contributed by atoms with van der Waals surface area (Å²) in [5.74, 6) is -1.15. The Labute approximate surface area is 168 Å². The summed E-state index contributed by atoms with van der Waals surface area (Å²) in [6.07, 6.45) is -3.69. The summed E-state index contributed by atoms with van der Waals surface area (Å²) in [6, 6.07) is 12.1. The third kappa shape index (κ3) is 3.28. The van der Waals surface area contributed by atoms with E-state index in [0.29, 0.717) is 10.8 Å². The van der Waals surface area contributed by atoms with Crippen molar-refractivity contribution in [3.63, 3.8) is 0 Å². The number of sulfone groups is 1. The van der Waals surface area contributed by atoms with Gasteiger partial charge < -0.3 is 5.11 Å². The second kappa shape index (κ2) is 6.56. The van der Waals surface area contributed by atoms with Gasteiger partial charge >= 0.3 is 12.1 Å². The molecule has 0 saturated heterocycles. The number of aromatic nitrogens is 2. The third-order valence-corrected chi connectivity index (χ3v) is 5.81. The molecule has 1 N–H and O–H groups in total. The lowest BCUT2D eigenvalue weighted by atomic mass is 10.0. The maximum absolute atomic E-state index is 13.6. The van der Waals surface area contributed by atoms with Crippen LogP contribution in [-0.4, -0.2) is 35.5 Å². The molecule has 0 saturated carbocycles. The topological polar surface area (TPSA) is 89.3 Å². The number of rotatable bonds is 3. The normalized spacial score (nSPS) is 12.5. The van der Waals surface area contributed by atoms with E-state index in [-0.39, 0.29) is 27.0 Å². The van der Waals surface area contributed by atoms with Crippen LogP contribution < -0.4 is 0 Å². The molecule has 0 amide bonds. The molecular formula is C20H13F3N2O4S. The molecule has 154 valence electrons. The molecule has 0 aliphatic heterocycles. The van der Waals surface area contributed by atoms with Gasteiger partial charge in [0.15, 0.2) is 15.5 Å². The van der Waals surface area contributed by atoms with Crippen LogP contribution in [0, 0.1) is 0 Å². The zero-order valence-electron chi connectivity index (χ0n) is 15.3. The van der Waals surface area contributed by atoms with Gasteiger partial charge in [0, 0.05) is 17.0 Å². The standard InChI is InChI=1S/C20H13F3N2O4S/c1-30(28,29)14-6-4-13(5-7-14)25-17-15-8-3-12(19(26)27)10-11(15)2-9-16(17)18(24-25)20(21,22)23/h2-10H,1H3,(H,26,27). The Morgan fingerprint density at radius 2 is 1.63 bits per heavy atom. The van der Waals surface area contributed by atoms with Crippen molar-refractivity contribution in [2.45, 2.75) is 11.1 Å². The van der Waals surface area contributed by atoms with Crippen LogP contribution in [0.2, 0.25) is 0 Å². The van der Waals surface area contributed by atoms with Crippen molar-refractivity contribution < 1.29 is 31.5 Å². The van der Waals surface area contributed by atoms with E-state index in [4.69, 9.17) is 0 Å². The van der Waals surface area contributed by atoms with E-state index in [1.807, 2.05) is 0 Å². The van der Waals surface area contributed by atoms with Gasteiger partial charge in [-0.05, 0) is 47.9 Å². The van der Waals surface area contributed by atoms with E-state index in [0.717, 1.165) is 10.9 Å². The molecule has 1 heterocycles. The highest BCUT2D eigenvalue weighted by Crippen LogP contribution is 2.38. The average Bonchev–Trinajstić information content (AvgIpc) is 3.07. The third-order valence-electron chi connectivity index (χ3n) is 4.68. The lowest BCUT2D eigenvalue weighted by Crippen LogP contribution is -2.07. The molecule has 10 heteroatoms. The molecule has 0 spiro atoms. The first-order chi connectivity index (χ1) is 14.0. The molecule has 0 atom stereocenters. The molecule has 0 aliphatic rings. The van der Waals surface area contributed by atoms with Gasteiger partial charge in [-0.3, -0.25) is 0 Å². The molecule has 1 aromatic heterocycles. The largest absolute Gasteiger partial charge is 0.478 e. The minimum Gasteiger partial charge on any atom is -0.478 e. The Morgan fingerprint density at radius 1 is 1.00 bits per heavy atom. The Balaban J connectivity index is 2.06. The maximum atomic E-state index is 13.6. The Bertz CT molecular complexity index is 1420. The number of alkyl halides is 3. The van der Waals surface area contributed by atoms with Crippen LogP contribution in [0.1, 0.15) is 16.1 Å². The fourth-order valence-corrected chi connectivity index (χ4v) is 3.93. The molecule has 0 radical (unpaired) electrons. The van der Waals surface area contributed by atoms with Gasteiger partial charge in [-0.2, -0.15) is 18.3 Å². The van der Waals surface area contributed by atoms with E-state index >= 15 is 0 Å². The molecule has 3 aromatic carbocycles. The Kier molecular flexibility index (Phi) is 4.35. The molecular weight excluding hydrogens is 421 g/mol. The molecule has 0 unspecified atom stereocenters. The summed E-state index contributed by atoms with van der Waals surface area (Å²) in [6.45, 7) is 0. The lowest BCUT2D eigenvalue weighted by molar-refractivity contribution is -0.140. The molecule has 0 bridgehead atoms. The van der Waals surface area contributed by atoms with Crippen molar-refractivity contribution >= 4 is 37.5 Å².